The van der Waals surface area contributed by atoms with Crippen molar-refractivity contribution in [3.05, 3.63) is 71.8 Å². The van der Waals surface area contributed by atoms with E-state index in [0.717, 1.165) is 36.8 Å². The van der Waals surface area contributed by atoms with Gasteiger partial charge in [0.1, 0.15) is 12.0 Å². The summed E-state index contributed by atoms with van der Waals surface area (Å²) >= 11 is 0. The van der Waals surface area contributed by atoms with Gasteiger partial charge in [0, 0.05) is 12.8 Å². The number of nitrogens with one attached hydrogen (secondary N) is 2. The third kappa shape index (κ3) is 11.7. The van der Waals surface area contributed by atoms with Crippen molar-refractivity contribution in [1.29, 1.82) is 0 Å². The lowest BCUT2D eigenvalue weighted by molar-refractivity contribution is -0.146. The van der Waals surface area contributed by atoms with Crippen LogP contribution < -0.4 is 10.6 Å². The number of amides is 2. The highest BCUT2D eigenvalue weighted by Crippen LogP contribution is 2.34. The van der Waals surface area contributed by atoms with Crippen molar-refractivity contribution in [2.24, 2.45) is 17.8 Å². The Morgan fingerprint density at radius 3 is 2.12 bits per heavy atom. The van der Waals surface area contributed by atoms with Gasteiger partial charge in [-0.05, 0) is 40.4 Å². The number of hydrogen-bond acceptors (Lipinski definition) is 6. The van der Waals surface area contributed by atoms with E-state index in [0.29, 0.717) is 25.2 Å². The van der Waals surface area contributed by atoms with Gasteiger partial charge in [0.15, 0.2) is 12.4 Å². The summed E-state index contributed by atoms with van der Waals surface area (Å²) < 4.78 is 24.0. The van der Waals surface area contributed by atoms with Gasteiger partial charge in [-0.2, -0.15) is 0 Å². The van der Waals surface area contributed by atoms with Gasteiger partial charge >= 0.3 is 14.0 Å². The molecule has 1 aliphatic rings. The fraction of sp³-hybridized carbons (Fsp3) is 0.545. The van der Waals surface area contributed by atoms with E-state index in [1.54, 1.807) is 0 Å². The molecule has 1 aliphatic carbocycles. The second-order valence-electron chi connectivity index (χ2n) is 11.5. The molecule has 0 heterocycles. The van der Waals surface area contributed by atoms with Crippen LogP contribution >= 0.6 is 8.03 Å². The normalized spacial score (nSPS) is 16.2. The van der Waals surface area contributed by atoms with Gasteiger partial charge in [-0.25, -0.2) is 0 Å². The molecule has 2 aromatic carbocycles. The van der Waals surface area contributed by atoms with Crippen molar-refractivity contribution in [3.8, 4) is 0 Å². The number of hydrogen-bond donors (Lipinski definition) is 2. The first-order valence-electron chi connectivity index (χ1n) is 15.1. The first-order valence-corrected chi connectivity index (χ1v) is 16.5. The van der Waals surface area contributed by atoms with Crippen LogP contribution in [0.5, 0.6) is 0 Å². The summed E-state index contributed by atoms with van der Waals surface area (Å²) in [4.78, 5) is 38.9. The highest BCUT2D eigenvalue weighted by Gasteiger charge is 2.37. The van der Waals surface area contributed by atoms with Crippen molar-refractivity contribution in [1.82, 2.24) is 10.6 Å². The highest BCUT2D eigenvalue weighted by atomic mass is 31.1. The van der Waals surface area contributed by atoms with Gasteiger partial charge in [0.05, 0.1) is 7.11 Å². The summed E-state index contributed by atoms with van der Waals surface area (Å²) in [6.45, 7) is 3.75. The van der Waals surface area contributed by atoms with Crippen molar-refractivity contribution >= 4 is 25.8 Å². The minimum absolute atomic E-state index is 0.0143. The van der Waals surface area contributed by atoms with E-state index in [1.165, 1.54) is 13.5 Å². The Balaban J connectivity index is 1.72. The largest absolute Gasteiger partial charge is 0.511 e. The molecule has 0 aromatic heterocycles. The molecule has 8 nitrogen and oxygen atoms in total. The molecule has 0 radical (unpaired) electrons. The van der Waals surface area contributed by atoms with E-state index >= 15 is 0 Å². The number of rotatable bonds is 16. The first kappa shape index (κ1) is 33.4. The SMILES string of the molecule is COC(=O)C(C[P+](=O)OC(CC1CCCCC1)NC(=O)C(Cc1ccccc1)NC(=O)CCc1ccccc1)C(C)C. The van der Waals surface area contributed by atoms with E-state index in [-0.39, 0.29) is 30.3 Å². The Morgan fingerprint density at radius 2 is 1.52 bits per heavy atom. The van der Waals surface area contributed by atoms with Crippen LogP contribution in [-0.4, -0.2) is 43.3 Å². The van der Waals surface area contributed by atoms with Crippen LogP contribution in [0.25, 0.3) is 0 Å². The van der Waals surface area contributed by atoms with E-state index in [2.05, 4.69) is 10.6 Å². The molecule has 42 heavy (non-hydrogen) atoms. The molecule has 0 saturated heterocycles. The second-order valence-corrected chi connectivity index (χ2v) is 12.8. The molecule has 9 heteroatoms. The van der Waals surface area contributed by atoms with Gasteiger partial charge in [-0.1, -0.05) is 107 Å². The number of esters is 1. The summed E-state index contributed by atoms with van der Waals surface area (Å²) in [5, 5.41) is 5.89. The predicted octanol–water partition coefficient (Wildman–Crippen LogP) is 5.96. The van der Waals surface area contributed by atoms with E-state index < -0.39 is 32.2 Å². The van der Waals surface area contributed by atoms with E-state index in [9.17, 15) is 18.9 Å². The van der Waals surface area contributed by atoms with Gasteiger partial charge in [0.2, 0.25) is 11.8 Å². The number of benzene rings is 2. The van der Waals surface area contributed by atoms with Crippen LogP contribution in [-0.2, 0) is 41.1 Å². The zero-order valence-corrected chi connectivity index (χ0v) is 26.0. The zero-order chi connectivity index (χ0) is 30.3. The maximum absolute atomic E-state index is 13.7. The zero-order valence-electron chi connectivity index (χ0n) is 25.1. The van der Waals surface area contributed by atoms with Crippen LogP contribution in [0.2, 0.25) is 0 Å². The molecule has 1 saturated carbocycles. The fourth-order valence-corrected chi connectivity index (χ4v) is 6.80. The van der Waals surface area contributed by atoms with Gasteiger partial charge in [0.25, 0.3) is 0 Å². The smallest absolute Gasteiger partial charge is 0.469 e. The second kappa shape index (κ2) is 17.8. The molecule has 2 aromatic rings. The van der Waals surface area contributed by atoms with Crippen LogP contribution in [0.4, 0.5) is 0 Å². The van der Waals surface area contributed by atoms with Crippen molar-refractivity contribution in [2.75, 3.05) is 13.3 Å². The molecule has 0 spiro atoms. The predicted molar refractivity (Wildman–Crippen MR) is 164 cm³/mol. The summed E-state index contributed by atoms with van der Waals surface area (Å²) in [6.07, 6.45) is 6.33. The quantitative estimate of drug-likeness (QED) is 0.140. The monoisotopic (exact) mass is 597 g/mol. The van der Waals surface area contributed by atoms with Crippen LogP contribution in [0.1, 0.15) is 69.9 Å². The Bertz CT molecular complexity index is 1140. The molecule has 4 atom stereocenters. The van der Waals surface area contributed by atoms with Gasteiger partial charge < -0.3 is 15.4 Å². The van der Waals surface area contributed by atoms with E-state index in [1.807, 2.05) is 74.5 Å². The Labute approximate surface area is 251 Å². The molecule has 1 fully saturated rings. The minimum Gasteiger partial charge on any atom is -0.469 e. The number of ether oxygens (including phenoxy) is 1. The molecule has 0 bridgehead atoms. The van der Waals surface area contributed by atoms with Crippen LogP contribution in [0.3, 0.4) is 0 Å². The molecule has 228 valence electrons. The Kier molecular flexibility index (Phi) is 14.1. The highest BCUT2D eigenvalue weighted by molar-refractivity contribution is 7.39. The molecular weight excluding hydrogens is 551 g/mol. The third-order valence-electron chi connectivity index (χ3n) is 7.89. The van der Waals surface area contributed by atoms with Gasteiger partial charge in [-0.15, -0.1) is 4.52 Å². The Hall–Kier alpha value is -3.09. The van der Waals surface area contributed by atoms with E-state index in [4.69, 9.17) is 9.26 Å². The summed E-state index contributed by atoms with van der Waals surface area (Å²) in [5.74, 6) is -1.34. The lowest BCUT2D eigenvalue weighted by atomic mass is 9.86. The summed E-state index contributed by atoms with van der Waals surface area (Å²) in [7, 11) is -0.938. The molecule has 2 amide bonds. The topological polar surface area (TPSA) is 111 Å². The average Bonchev–Trinajstić information content (AvgIpc) is 2.99. The van der Waals surface area contributed by atoms with Crippen molar-refractivity contribution < 1.29 is 28.2 Å². The van der Waals surface area contributed by atoms with Crippen LogP contribution in [0, 0.1) is 17.8 Å². The fourth-order valence-electron chi connectivity index (χ4n) is 5.40. The number of methoxy groups -OCH3 is 1. The lowest BCUT2D eigenvalue weighted by Crippen LogP contribution is -2.51. The molecule has 4 unspecified atom stereocenters. The number of aryl methyl sites for hydroxylation is 1. The molecule has 3 rings (SSSR count). The molecule has 0 aliphatic heterocycles. The lowest BCUT2D eigenvalue weighted by Gasteiger charge is -2.26. The minimum atomic E-state index is -2.26. The maximum atomic E-state index is 13.7. The number of carbonyl (C=O) groups is 3. The molecule has 2 N–H and O–H groups in total. The third-order valence-corrected chi connectivity index (χ3v) is 9.07. The standard InChI is InChI=1S/C33H45N2O6P/c1-24(2)28(33(38)40-3)23-42(39)41-31(22-27-17-11-6-12-18-27)35-32(37)29(21-26-15-9-5-10-16-26)34-30(36)20-19-25-13-7-4-8-14-25/h4-5,7-10,13-16,24,27-29,31H,6,11-12,17-23H2,1-3H3,(H-,34,35,36,37)/p+1. The Morgan fingerprint density at radius 1 is 0.905 bits per heavy atom. The summed E-state index contributed by atoms with van der Waals surface area (Å²) in [6, 6.07) is 18.5. The summed E-state index contributed by atoms with van der Waals surface area (Å²) in [5.41, 5.74) is 1.96. The van der Waals surface area contributed by atoms with Gasteiger partial charge in [-0.3, -0.25) is 14.4 Å². The molecular formula is C33H46N2O6P+. The maximum Gasteiger partial charge on any atom is 0.511 e. The average molecular weight is 598 g/mol. The first-order chi connectivity index (χ1) is 20.2. The number of carbonyl (C=O) groups excluding carboxylic acids is 3. The van der Waals surface area contributed by atoms with Crippen LogP contribution in [0.15, 0.2) is 60.7 Å². The van der Waals surface area contributed by atoms with Crippen molar-refractivity contribution in [3.63, 3.8) is 0 Å². The van der Waals surface area contributed by atoms with Crippen molar-refractivity contribution in [2.45, 2.75) is 83.9 Å².